The van der Waals surface area contributed by atoms with Crippen molar-refractivity contribution in [3.8, 4) is 5.82 Å². The SMILES string of the molecule is Cn1ncc(C(=O)Nc2cccc(I)c2)c1-n1cccc1. The van der Waals surface area contributed by atoms with E-state index in [1.807, 2.05) is 60.4 Å². The molecule has 0 spiro atoms. The Morgan fingerprint density at radius 2 is 2.00 bits per heavy atom. The molecule has 0 unspecified atom stereocenters. The number of anilines is 1. The molecule has 1 aromatic carbocycles. The van der Waals surface area contributed by atoms with Crippen LogP contribution in [0.1, 0.15) is 10.4 Å². The van der Waals surface area contributed by atoms with Crippen LogP contribution in [-0.2, 0) is 7.05 Å². The maximum Gasteiger partial charge on any atom is 0.261 e. The average Bonchev–Trinajstić information content (AvgIpc) is 3.07. The van der Waals surface area contributed by atoms with Gasteiger partial charge in [0, 0.05) is 28.7 Å². The number of aromatic nitrogens is 3. The molecule has 0 saturated heterocycles. The Hall–Kier alpha value is -2.09. The highest BCUT2D eigenvalue weighted by Crippen LogP contribution is 2.17. The first-order valence-electron chi connectivity index (χ1n) is 6.37. The topological polar surface area (TPSA) is 51.9 Å². The zero-order valence-electron chi connectivity index (χ0n) is 11.3. The van der Waals surface area contributed by atoms with Gasteiger partial charge in [-0.1, -0.05) is 6.07 Å². The van der Waals surface area contributed by atoms with Crippen molar-refractivity contribution in [1.29, 1.82) is 0 Å². The van der Waals surface area contributed by atoms with Crippen molar-refractivity contribution in [2.45, 2.75) is 0 Å². The van der Waals surface area contributed by atoms with E-state index in [-0.39, 0.29) is 5.91 Å². The van der Waals surface area contributed by atoms with Crippen molar-refractivity contribution in [2.75, 3.05) is 5.32 Å². The van der Waals surface area contributed by atoms with Gasteiger partial charge in [0.05, 0.1) is 6.20 Å². The Kier molecular flexibility index (Phi) is 3.78. The number of halogens is 1. The Balaban J connectivity index is 1.92. The molecule has 5 nitrogen and oxygen atoms in total. The van der Waals surface area contributed by atoms with Crippen LogP contribution in [0.2, 0.25) is 0 Å². The van der Waals surface area contributed by atoms with Gasteiger partial charge in [0.15, 0.2) is 0 Å². The number of rotatable bonds is 3. The van der Waals surface area contributed by atoms with Gasteiger partial charge in [-0.15, -0.1) is 0 Å². The Bertz CT molecular complexity index is 777. The van der Waals surface area contributed by atoms with E-state index in [0.29, 0.717) is 5.56 Å². The zero-order valence-corrected chi connectivity index (χ0v) is 13.5. The Labute approximate surface area is 135 Å². The molecule has 3 rings (SSSR count). The minimum atomic E-state index is -0.172. The summed E-state index contributed by atoms with van der Waals surface area (Å²) in [4.78, 5) is 12.5. The van der Waals surface area contributed by atoms with Gasteiger partial charge in [-0.2, -0.15) is 5.10 Å². The molecule has 6 heteroatoms. The number of hydrogen-bond acceptors (Lipinski definition) is 2. The van der Waals surface area contributed by atoms with Crippen molar-refractivity contribution >= 4 is 34.2 Å². The number of hydrogen-bond donors (Lipinski definition) is 1. The summed E-state index contributed by atoms with van der Waals surface area (Å²) in [7, 11) is 1.82. The quantitative estimate of drug-likeness (QED) is 0.697. The first kappa shape index (κ1) is 13.9. The molecule has 1 amide bonds. The van der Waals surface area contributed by atoms with Crippen LogP contribution in [0, 0.1) is 3.57 Å². The van der Waals surface area contributed by atoms with Gasteiger partial charge in [-0.05, 0) is 52.9 Å². The van der Waals surface area contributed by atoms with Crippen LogP contribution in [0.5, 0.6) is 0 Å². The number of nitrogens with zero attached hydrogens (tertiary/aromatic N) is 3. The molecule has 0 bridgehead atoms. The van der Waals surface area contributed by atoms with Gasteiger partial charge in [0.25, 0.3) is 5.91 Å². The van der Waals surface area contributed by atoms with Crippen LogP contribution in [-0.4, -0.2) is 20.3 Å². The zero-order chi connectivity index (χ0) is 14.8. The fourth-order valence-corrected chi connectivity index (χ4v) is 2.68. The van der Waals surface area contributed by atoms with Crippen molar-refractivity contribution in [3.05, 3.63) is 64.1 Å². The molecule has 0 aliphatic carbocycles. The third-order valence-corrected chi connectivity index (χ3v) is 3.75. The maximum atomic E-state index is 12.5. The second-order valence-electron chi connectivity index (χ2n) is 4.56. The van der Waals surface area contributed by atoms with E-state index >= 15 is 0 Å². The van der Waals surface area contributed by atoms with Gasteiger partial charge in [0.2, 0.25) is 0 Å². The van der Waals surface area contributed by atoms with E-state index in [0.717, 1.165) is 15.1 Å². The molecule has 0 radical (unpaired) electrons. The summed E-state index contributed by atoms with van der Waals surface area (Å²) < 4.78 is 4.63. The average molecular weight is 392 g/mol. The normalized spacial score (nSPS) is 10.6. The van der Waals surface area contributed by atoms with E-state index < -0.39 is 0 Å². The smallest absolute Gasteiger partial charge is 0.261 e. The van der Waals surface area contributed by atoms with E-state index in [2.05, 4.69) is 33.0 Å². The minimum absolute atomic E-state index is 0.172. The molecule has 0 fully saturated rings. The largest absolute Gasteiger partial charge is 0.322 e. The second-order valence-corrected chi connectivity index (χ2v) is 5.81. The van der Waals surface area contributed by atoms with Crippen molar-refractivity contribution in [1.82, 2.24) is 14.3 Å². The summed E-state index contributed by atoms with van der Waals surface area (Å²) in [6, 6.07) is 11.5. The first-order chi connectivity index (χ1) is 10.1. The number of nitrogens with one attached hydrogen (secondary N) is 1. The van der Waals surface area contributed by atoms with Gasteiger partial charge in [-0.25, -0.2) is 0 Å². The number of carbonyl (C=O) groups is 1. The van der Waals surface area contributed by atoms with E-state index in [9.17, 15) is 4.79 Å². The predicted octanol–water partition coefficient (Wildman–Crippen LogP) is 3.07. The van der Waals surface area contributed by atoms with Crippen molar-refractivity contribution in [2.24, 2.45) is 7.05 Å². The summed E-state index contributed by atoms with van der Waals surface area (Å²) in [5.41, 5.74) is 1.31. The van der Waals surface area contributed by atoms with E-state index in [1.54, 1.807) is 10.9 Å². The van der Waals surface area contributed by atoms with E-state index in [4.69, 9.17) is 0 Å². The van der Waals surface area contributed by atoms with Crippen LogP contribution >= 0.6 is 22.6 Å². The highest BCUT2D eigenvalue weighted by Gasteiger charge is 2.17. The molecule has 0 aliphatic rings. The predicted molar refractivity (Wildman–Crippen MR) is 89.6 cm³/mol. The molecule has 0 aliphatic heterocycles. The molecule has 2 heterocycles. The first-order valence-corrected chi connectivity index (χ1v) is 7.45. The molecular weight excluding hydrogens is 379 g/mol. The fraction of sp³-hybridized carbons (Fsp3) is 0.0667. The lowest BCUT2D eigenvalue weighted by molar-refractivity contribution is 0.102. The van der Waals surface area contributed by atoms with Gasteiger partial charge >= 0.3 is 0 Å². The monoisotopic (exact) mass is 392 g/mol. The number of carbonyl (C=O) groups excluding carboxylic acids is 1. The summed E-state index contributed by atoms with van der Waals surface area (Å²) >= 11 is 2.21. The Morgan fingerprint density at radius 1 is 1.24 bits per heavy atom. The van der Waals surface area contributed by atoms with Crippen LogP contribution < -0.4 is 5.32 Å². The molecule has 0 saturated carbocycles. The van der Waals surface area contributed by atoms with Crippen LogP contribution in [0.3, 0.4) is 0 Å². The molecule has 2 aromatic heterocycles. The molecule has 0 atom stereocenters. The van der Waals surface area contributed by atoms with Crippen molar-refractivity contribution < 1.29 is 4.79 Å². The van der Waals surface area contributed by atoms with Crippen LogP contribution in [0.25, 0.3) is 5.82 Å². The van der Waals surface area contributed by atoms with Crippen LogP contribution in [0.4, 0.5) is 5.69 Å². The number of amides is 1. The summed E-state index contributed by atoms with van der Waals surface area (Å²) in [5.74, 6) is 0.567. The summed E-state index contributed by atoms with van der Waals surface area (Å²) in [5, 5.41) is 7.09. The summed E-state index contributed by atoms with van der Waals surface area (Å²) in [6.07, 6.45) is 5.36. The van der Waals surface area contributed by atoms with E-state index in [1.165, 1.54) is 0 Å². The Morgan fingerprint density at radius 3 is 2.71 bits per heavy atom. The third-order valence-electron chi connectivity index (χ3n) is 3.08. The lowest BCUT2D eigenvalue weighted by atomic mass is 10.2. The van der Waals surface area contributed by atoms with Crippen molar-refractivity contribution in [3.63, 3.8) is 0 Å². The lowest BCUT2D eigenvalue weighted by Gasteiger charge is -2.08. The molecule has 1 N–H and O–H groups in total. The fourth-order valence-electron chi connectivity index (χ4n) is 2.14. The standard InChI is InChI=1S/C15H13IN4O/c1-19-15(20-7-2-3-8-20)13(10-17-19)14(21)18-12-6-4-5-11(16)9-12/h2-10H,1H3,(H,18,21). The molecule has 106 valence electrons. The highest BCUT2D eigenvalue weighted by molar-refractivity contribution is 14.1. The summed E-state index contributed by atoms with van der Waals surface area (Å²) in [6.45, 7) is 0. The van der Waals surface area contributed by atoms with Crippen LogP contribution in [0.15, 0.2) is 55.0 Å². The number of benzene rings is 1. The molecule has 21 heavy (non-hydrogen) atoms. The molecule has 3 aromatic rings. The molecular formula is C15H13IN4O. The highest BCUT2D eigenvalue weighted by atomic mass is 127. The van der Waals surface area contributed by atoms with Gasteiger partial charge in [0.1, 0.15) is 11.4 Å². The lowest BCUT2D eigenvalue weighted by Crippen LogP contribution is -2.15. The number of aryl methyl sites for hydroxylation is 1. The third kappa shape index (κ3) is 2.85. The second kappa shape index (κ2) is 5.72. The van der Waals surface area contributed by atoms with Gasteiger partial charge in [-0.3, -0.25) is 9.48 Å². The maximum absolute atomic E-state index is 12.5. The van der Waals surface area contributed by atoms with Gasteiger partial charge < -0.3 is 9.88 Å². The minimum Gasteiger partial charge on any atom is -0.322 e.